The summed E-state index contributed by atoms with van der Waals surface area (Å²) in [5.74, 6) is -0.991. The zero-order chi connectivity index (χ0) is 36.1. The van der Waals surface area contributed by atoms with Crippen LogP contribution in [0.1, 0.15) is 219 Å². The van der Waals surface area contributed by atoms with Gasteiger partial charge in [0.1, 0.15) is 0 Å². The van der Waals surface area contributed by atoms with Crippen LogP contribution in [0.25, 0.3) is 0 Å². The highest BCUT2D eigenvalue weighted by atomic mass is 32.2. The topological polar surface area (TPSA) is 104 Å². The lowest BCUT2D eigenvalue weighted by Crippen LogP contribution is -2.46. The molecule has 2 unspecified atom stereocenters. The summed E-state index contributed by atoms with van der Waals surface area (Å²) in [7, 11) is -4.35. The third-order valence-electron chi connectivity index (χ3n) is 9.63. The molecule has 0 spiro atoms. The highest BCUT2D eigenvalue weighted by Crippen LogP contribution is 2.15. The van der Waals surface area contributed by atoms with Crippen LogP contribution in [0.2, 0.25) is 0 Å². The van der Waals surface area contributed by atoms with Gasteiger partial charge in [0.25, 0.3) is 10.1 Å². The monoisotopic (exact) mass is 712 g/mol. The first kappa shape index (κ1) is 47.8. The van der Waals surface area contributed by atoms with E-state index in [1.165, 1.54) is 167 Å². The minimum Gasteiger partial charge on any atom is -0.387 e. The summed E-state index contributed by atoms with van der Waals surface area (Å²) in [6, 6.07) is -1.07. The normalized spacial score (nSPS) is 13.5. The van der Waals surface area contributed by atoms with E-state index in [-0.39, 0.29) is 5.91 Å². The van der Waals surface area contributed by atoms with Crippen LogP contribution in [0.3, 0.4) is 0 Å². The summed E-state index contributed by atoms with van der Waals surface area (Å²) in [6.07, 6.45) is 45.9. The van der Waals surface area contributed by atoms with E-state index in [1.54, 1.807) is 0 Å². The number of unbranched alkanes of at least 4 members (excludes halogenated alkanes) is 28. The average molecular weight is 712 g/mol. The van der Waals surface area contributed by atoms with Gasteiger partial charge in [0.05, 0.1) is 17.9 Å². The summed E-state index contributed by atoms with van der Waals surface area (Å²) in [5.41, 5.74) is 0. The Bertz CT molecular complexity index is 872. The van der Waals surface area contributed by atoms with Crippen molar-refractivity contribution >= 4 is 16.0 Å². The third kappa shape index (κ3) is 37.9. The van der Waals surface area contributed by atoms with Crippen molar-refractivity contribution in [2.24, 2.45) is 0 Å². The molecule has 7 heteroatoms. The van der Waals surface area contributed by atoms with Crippen molar-refractivity contribution in [1.82, 2.24) is 5.32 Å². The van der Waals surface area contributed by atoms with E-state index in [0.29, 0.717) is 6.42 Å². The van der Waals surface area contributed by atoms with Crippen LogP contribution in [-0.4, -0.2) is 41.9 Å². The van der Waals surface area contributed by atoms with Crippen molar-refractivity contribution < 1.29 is 22.9 Å². The molecule has 3 N–H and O–H groups in total. The second-order valence-corrected chi connectivity index (χ2v) is 16.1. The first-order valence-corrected chi connectivity index (χ1v) is 22.6. The van der Waals surface area contributed by atoms with Gasteiger partial charge in [0.15, 0.2) is 0 Å². The molecule has 0 bridgehead atoms. The zero-order valence-corrected chi connectivity index (χ0v) is 33.1. The van der Waals surface area contributed by atoms with Crippen LogP contribution >= 0.6 is 0 Å². The number of rotatable bonds is 38. The smallest absolute Gasteiger partial charge is 0.267 e. The number of aliphatic hydroxyl groups excluding tert-OH is 1. The van der Waals surface area contributed by atoms with E-state index in [9.17, 15) is 22.9 Å². The molecular formula is C42H81NO5S. The summed E-state index contributed by atoms with van der Waals surface area (Å²) in [5, 5.41) is 13.2. The number of hydrogen-bond acceptors (Lipinski definition) is 4. The van der Waals surface area contributed by atoms with Gasteiger partial charge in [-0.15, -0.1) is 0 Å². The largest absolute Gasteiger partial charge is 0.387 e. The Balaban J connectivity index is 3.93. The standard InChI is InChI=1S/C42H81NO5S/c1-3-5-7-9-11-13-15-17-19-21-22-23-25-27-29-31-33-35-37-41(44)40(39-49(46,47)48)43-42(45)38-36-34-32-30-28-26-24-20-18-16-14-12-10-8-6-4-2/h27,29,35,37,40-41,44H,3-26,28,30-34,36,38-39H2,1-2H3,(H,43,45)(H,46,47,48)/b29-27+,37-35+. The summed E-state index contributed by atoms with van der Waals surface area (Å²) in [4.78, 5) is 12.5. The number of aliphatic hydroxyl groups is 1. The fourth-order valence-electron chi connectivity index (χ4n) is 6.47. The Hall–Kier alpha value is -1.18. The third-order valence-corrected chi connectivity index (χ3v) is 10.4. The lowest BCUT2D eigenvalue weighted by Gasteiger charge is -2.21. The van der Waals surface area contributed by atoms with Gasteiger partial charge >= 0.3 is 0 Å². The Labute approximate surface area is 304 Å². The quantitative estimate of drug-likeness (QED) is 0.0336. The molecule has 0 saturated heterocycles. The van der Waals surface area contributed by atoms with Gasteiger partial charge in [-0.1, -0.05) is 205 Å². The first-order chi connectivity index (χ1) is 23.8. The fraction of sp³-hybridized carbons (Fsp3) is 0.881. The van der Waals surface area contributed by atoms with Crippen LogP contribution in [0, 0.1) is 0 Å². The van der Waals surface area contributed by atoms with Gasteiger partial charge in [0, 0.05) is 6.42 Å². The number of allylic oxidation sites excluding steroid dienone is 3. The van der Waals surface area contributed by atoms with Gasteiger partial charge in [0.2, 0.25) is 5.91 Å². The molecule has 0 saturated carbocycles. The minimum absolute atomic E-state index is 0.285. The molecule has 0 aliphatic rings. The van der Waals surface area contributed by atoms with Crippen molar-refractivity contribution in [3.8, 4) is 0 Å². The van der Waals surface area contributed by atoms with Crippen LogP contribution in [0.4, 0.5) is 0 Å². The van der Waals surface area contributed by atoms with Gasteiger partial charge in [-0.25, -0.2) is 0 Å². The highest BCUT2D eigenvalue weighted by Gasteiger charge is 2.24. The molecular weight excluding hydrogens is 631 g/mol. The SMILES string of the molecule is CCCCCCCCCCCCCC/C=C/CC/C=C/C(O)C(CS(=O)(=O)O)NC(=O)CCCCCCCCCCCCCCCCCC. The van der Waals surface area contributed by atoms with Crippen molar-refractivity contribution in [1.29, 1.82) is 0 Å². The number of carbonyl (C=O) groups is 1. The lowest BCUT2D eigenvalue weighted by molar-refractivity contribution is -0.122. The van der Waals surface area contributed by atoms with E-state index < -0.39 is 28.0 Å². The lowest BCUT2D eigenvalue weighted by atomic mass is 10.0. The van der Waals surface area contributed by atoms with E-state index >= 15 is 0 Å². The number of hydrogen-bond donors (Lipinski definition) is 3. The van der Waals surface area contributed by atoms with Gasteiger partial charge < -0.3 is 10.4 Å². The summed E-state index contributed by atoms with van der Waals surface area (Å²) < 4.78 is 32.5. The molecule has 1 amide bonds. The second kappa shape index (κ2) is 36.6. The molecule has 0 heterocycles. The average Bonchev–Trinajstić information content (AvgIpc) is 3.06. The Morgan fingerprint density at radius 2 is 0.878 bits per heavy atom. The Kier molecular flexibility index (Phi) is 35.7. The molecule has 0 aliphatic carbocycles. The first-order valence-electron chi connectivity index (χ1n) is 21.0. The summed E-state index contributed by atoms with van der Waals surface area (Å²) >= 11 is 0. The second-order valence-electron chi connectivity index (χ2n) is 14.6. The van der Waals surface area contributed by atoms with E-state index in [0.717, 1.165) is 38.5 Å². The van der Waals surface area contributed by atoms with Crippen LogP contribution in [0.5, 0.6) is 0 Å². The maximum Gasteiger partial charge on any atom is 0.267 e. The van der Waals surface area contributed by atoms with Crippen LogP contribution in [0.15, 0.2) is 24.3 Å². The number of carbonyl (C=O) groups excluding carboxylic acids is 1. The number of nitrogens with one attached hydrogen (secondary N) is 1. The molecule has 0 aromatic carbocycles. The predicted molar refractivity (Wildman–Crippen MR) is 212 cm³/mol. The maximum absolute atomic E-state index is 12.5. The van der Waals surface area contributed by atoms with Gasteiger partial charge in [-0.3, -0.25) is 9.35 Å². The predicted octanol–water partition coefficient (Wildman–Crippen LogP) is 12.4. The van der Waals surface area contributed by atoms with Gasteiger partial charge in [-0.05, 0) is 32.1 Å². The molecule has 0 fully saturated rings. The van der Waals surface area contributed by atoms with E-state index in [1.807, 2.05) is 6.08 Å². The Morgan fingerprint density at radius 3 is 1.29 bits per heavy atom. The Morgan fingerprint density at radius 1 is 0.531 bits per heavy atom. The fourth-order valence-corrected chi connectivity index (χ4v) is 7.20. The van der Waals surface area contributed by atoms with Crippen LogP contribution in [-0.2, 0) is 14.9 Å². The molecule has 6 nitrogen and oxygen atoms in total. The van der Waals surface area contributed by atoms with Crippen molar-refractivity contribution in [3.63, 3.8) is 0 Å². The molecule has 0 aromatic heterocycles. The minimum atomic E-state index is -4.35. The summed E-state index contributed by atoms with van der Waals surface area (Å²) in [6.45, 7) is 4.53. The van der Waals surface area contributed by atoms with Crippen molar-refractivity contribution in [2.75, 3.05) is 5.75 Å². The number of amides is 1. The molecule has 0 rings (SSSR count). The zero-order valence-electron chi connectivity index (χ0n) is 32.3. The molecule has 49 heavy (non-hydrogen) atoms. The molecule has 290 valence electrons. The highest BCUT2D eigenvalue weighted by molar-refractivity contribution is 7.85. The van der Waals surface area contributed by atoms with E-state index in [2.05, 4.69) is 31.3 Å². The van der Waals surface area contributed by atoms with E-state index in [4.69, 9.17) is 0 Å². The molecule has 0 aromatic rings. The van der Waals surface area contributed by atoms with Gasteiger partial charge in [-0.2, -0.15) is 8.42 Å². The molecule has 0 aliphatic heterocycles. The molecule has 0 radical (unpaired) electrons. The van der Waals surface area contributed by atoms with Crippen molar-refractivity contribution in [3.05, 3.63) is 24.3 Å². The van der Waals surface area contributed by atoms with Crippen molar-refractivity contribution in [2.45, 2.75) is 231 Å². The van der Waals surface area contributed by atoms with Crippen LogP contribution < -0.4 is 5.32 Å². The molecule has 2 atom stereocenters. The maximum atomic E-state index is 12.5.